The van der Waals surface area contributed by atoms with Gasteiger partial charge in [-0.3, -0.25) is 0 Å². The Kier molecular flexibility index (Phi) is 3.70. The summed E-state index contributed by atoms with van der Waals surface area (Å²) in [7, 11) is 0. The quantitative estimate of drug-likeness (QED) is 0.596. The zero-order valence-electron chi connectivity index (χ0n) is 6.36. The van der Waals surface area contributed by atoms with Gasteiger partial charge in [0, 0.05) is 4.88 Å². The molecule has 0 fully saturated rings. The van der Waals surface area contributed by atoms with Crippen LogP contribution in [0.1, 0.15) is 4.88 Å². The molecule has 0 aliphatic carbocycles. The highest BCUT2D eigenvalue weighted by atomic mass is 32.1. The molecule has 1 heteroatoms. The lowest BCUT2D eigenvalue weighted by atomic mass is 10.4. The minimum atomic E-state index is 0.860. The van der Waals surface area contributed by atoms with Crippen LogP contribution in [-0.2, 0) is 6.42 Å². The van der Waals surface area contributed by atoms with E-state index in [1.807, 2.05) is 30.3 Å². The maximum absolute atomic E-state index is 3.83. The first-order chi connectivity index (χ1) is 5.43. The van der Waals surface area contributed by atoms with E-state index in [1.54, 1.807) is 11.3 Å². The Morgan fingerprint density at radius 1 is 1.09 bits per heavy atom. The molecule has 0 atom stereocenters. The normalized spacial score (nSPS) is 8.82. The molecular formula is C10H11S. The molecule has 0 aliphatic heterocycles. The van der Waals surface area contributed by atoms with Crippen molar-refractivity contribution in [1.29, 1.82) is 0 Å². The van der Waals surface area contributed by atoms with Crippen LogP contribution in [0.4, 0.5) is 0 Å². The molecule has 0 aliphatic rings. The van der Waals surface area contributed by atoms with Gasteiger partial charge in [-0.25, -0.2) is 0 Å². The van der Waals surface area contributed by atoms with Crippen LogP contribution >= 0.6 is 11.3 Å². The number of rotatable bonds is 1. The van der Waals surface area contributed by atoms with Crippen LogP contribution in [0.2, 0.25) is 0 Å². The van der Waals surface area contributed by atoms with Gasteiger partial charge in [0.2, 0.25) is 0 Å². The monoisotopic (exact) mass is 163 g/mol. The van der Waals surface area contributed by atoms with E-state index in [0.29, 0.717) is 0 Å². The van der Waals surface area contributed by atoms with E-state index in [0.717, 1.165) is 6.42 Å². The van der Waals surface area contributed by atoms with Crippen molar-refractivity contribution in [2.75, 3.05) is 0 Å². The van der Waals surface area contributed by atoms with Crippen molar-refractivity contribution in [3.8, 4) is 0 Å². The first-order valence-electron chi connectivity index (χ1n) is 3.58. The predicted octanol–water partition coefficient (Wildman–Crippen LogP) is 3.25. The molecule has 0 amide bonds. The van der Waals surface area contributed by atoms with E-state index in [2.05, 4.69) is 18.4 Å². The summed E-state index contributed by atoms with van der Waals surface area (Å²) in [5.41, 5.74) is 0. The van der Waals surface area contributed by atoms with Crippen LogP contribution in [0.15, 0.2) is 41.8 Å². The van der Waals surface area contributed by atoms with E-state index in [-0.39, 0.29) is 0 Å². The second-order valence-corrected chi connectivity index (χ2v) is 3.13. The zero-order chi connectivity index (χ0) is 7.94. The minimum absolute atomic E-state index is 0.860. The Bertz CT molecular complexity index is 225. The molecule has 0 bridgehead atoms. The van der Waals surface area contributed by atoms with E-state index in [9.17, 15) is 0 Å². The largest absolute Gasteiger partial charge is 0.149 e. The smallest absolute Gasteiger partial charge is 0.00449 e. The summed E-state index contributed by atoms with van der Waals surface area (Å²) < 4.78 is 0. The standard InChI is InChI=1S/C10H11S/c1-2-10-8-6-4-3-5-7-9-11-10/h3-9H,1-2H2. The van der Waals surface area contributed by atoms with Gasteiger partial charge in [-0.15, -0.1) is 11.3 Å². The minimum Gasteiger partial charge on any atom is -0.149 e. The zero-order valence-corrected chi connectivity index (χ0v) is 7.18. The van der Waals surface area contributed by atoms with E-state index in [4.69, 9.17) is 0 Å². The van der Waals surface area contributed by atoms with Crippen molar-refractivity contribution in [1.82, 2.24) is 0 Å². The maximum atomic E-state index is 3.83. The molecule has 0 N–H and O–H groups in total. The Morgan fingerprint density at radius 3 is 2.64 bits per heavy atom. The van der Waals surface area contributed by atoms with Gasteiger partial charge in [0.15, 0.2) is 0 Å². The molecule has 11 heavy (non-hydrogen) atoms. The van der Waals surface area contributed by atoms with E-state index >= 15 is 0 Å². The molecule has 1 heterocycles. The van der Waals surface area contributed by atoms with Gasteiger partial charge in [0.1, 0.15) is 0 Å². The fourth-order valence-electron chi connectivity index (χ4n) is 0.709. The Hall–Kier alpha value is -0.820. The number of hydrogen-bond acceptors (Lipinski definition) is 1. The summed E-state index contributed by atoms with van der Waals surface area (Å²) >= 11 is 1.73. The summed E-state index contributed by atoms with van der Waals surface area (Å²) in [4.78, 5) is 1.29. The highest BCUT2D eigenvalue weighted by molar-refractivity contribution is 7.09. The number of hydrogen-bond donors (Lipinski definition) is 0. The van der Waals surface area contributed by atoms with Gasteiger partial charge in [0.05, 0.1) is 0 Å². The van der Waals surface area contributed by atoms with Gasteiger partial charge >= 0.3 is 0 Å². The molecule has 57 valence electrons. The van der Waals surface area contributed by atoms with E-state index < -0.39 is 0 Å². The molecule has 0 nitrogen and oxygen atoms in total. The lowest BCUT2D eigenvalue weighted by molar-refractivity contribution is 1.34. The van der Waals surface area contributed by atoms with Crippen LogP contribution in [0.5, 0.6) is 0 Å². The summed E-state index contributed by atoms with van der Waals surface area (Å²) in [6.45, 7) is 3.83. The van der Waals surface area contributed by atoms with Crippen molar-refractivity contribution in [3.63, 3.8) is 0 Å². The van der Waals surface area contributed by atoms with Gasteiger partial charge in [-0.1, -0.05) is 30.3 Å². The summed E-state index contributed by atoms with van der Waals surface area (Å²) in [6.07, 6.45) is 0.860. The molecule has 0 saturated carbocycles. The van der Waals surface area contributed by atoms with Crippen LogP contribution < -0.4 is 0 Å². The predicted molar refractivity (Wildman–Crippen MR) is 51.0 cm³/mol. The van der Waals surface area contributed by atoms with E-state index in [1.165, 1.54) is 4.88 Å². The highest BCUT2D eigenvalue weighted by Gasteiger charge is 1.79. The first kappa shape index (κ1) is 8.28. The van der Waals surface area contributed by atoms with Gasteiger partial charge in [-0.05, 0) is 24.8 Å². The summed E-state index contributed by atoms with van der Waals surface area (Å²) in [5.74, 6) is 0. The van der Waals surface area contributed by atoms with Crippen LogP contribution in [0.3, 0.4) is 0 Å². The topological polar surface area (TPSA) is 0 Å². The molecule has 0 spiro atoms. The first-order valence-corrected chi connectivity index (χ1v) is 4.46. The molecule has 0 aromatic carbocycles. The molecule has 1 aromatic rings. The van der Waals surface area contributed by atoms with Crippen LogP contribution in [0.25, 0.3) is 0 Å². The molecule has 1 aromatic heterocycles. The average Bonchev–Trinajstić information content (AvgIpc) is 2.16. The second-order valence-electron chi connectivity index (χ2n) is 2.10. The van der Waals surface area contributed by atoms with Crippen molar-refractivity contribution < 1.29 is 0 Å². The molecule has 0 saturated heterocycles. The molecule has 0 unspecified atom stereocenters. The lowest BCUT2D eigenvalue weighted by Gasteiger charge is -1.84. The molecule has 1 rings (SSSR count). The van der Waals surface area contributed by atoms with Crippen molar-refractivity contribution in [2.45, 2.75) is 6.42 Å². The fourth-order valence-corrected chi connectivity index (χ4v) is 1.33. The van der Waals surface area contributed by atoms with Crippen molar-refractivity contribution >= 4 is 11.3 Å². The summed E-state index contributed by atoms with van der Waals surface area (Å²) in [5, 5.41) is 2.07. The van der Waals surface area contributed by atoms with Crippen molar-refractivity contribution in [3.05, 3.63) is 53.6 Å². The molecular weight excluding hydrogens is 152 g/mol. The van der Waals surface area contributed by atoms with Crippen LogP contribution in [0, 0.1) is 6.92 Å². The van der Waals surface area contributed by atoms with Gasteiger partial charge in [0.25, 0.3) is 0 Å². The third kappa shape index (κ3) is 3.19. The van der Waals surface area contributed by atoms with Crippen LogP contribution in [-0.4, -0.2) is 0 Å². The average molecular weight is 163 g/mol. The SMILES string of the molecule is [CH2]Cc1cccccccs1. The van der Waals surface area contributed by atoms with Gasteiger partial charge in [-0.2, -0.15) is 0 Å². The maximum Gasteiger partial charge on any atom is 0.00449 e. The Labute approximate surface area is 71.8 Å². The Balaban J connectivity index is 3.07. The lowest BCUT2D eigenvalue weighted by Crippen LogP contribution is -1.67. The second kappa shape index (κ2) is 4.91. The van der Waals surface area contributed by atoms with Crippen molar-refractivity contribution in [2.24, 2.45) is 0 Å². The fraction of sp³-hybridized carbons (Fsp3) is 0.100. The highest BCUT2D eigenvalue weighted by Crippen LogP contribution is 2.02. The molecule has 1 radical (unpaired) electrons. The Morgan fingerprint density at radius 2 is 1.82 bits per heavy atom. The third-order valence-electron chi connectivity index (χ3n) is 1.27. The van der Waals surface area contributed by atoms with Gasteiger partial charge < -0.3 is 0 Å². The summed E-state index contributed by atoms with van der Waals surface area (Å²) in [6, 6.07) is 12.2. The third-order valence-corrected chi connectivity index (χ3v) is 2.21.